The first-order valence-corrected chi connectivity index (χ1v) is 2.24. The van der Waals surface area contributed by atoms with Gasteiger partial charge in [-0.15, -0.1) is 0 Å². The summed E-state index contributed by atoms with van der Waals surface area (Å²) in [6.07, 6.45) is -4.88. The fourth-order valence-corrected chi connectivity index (χ4v) is 0.258. The molecular weight excluding hydrogens is 392 g/mol. The van der Waals surface area contributed by atoms with Crippen molar-refractivity contribution in [2.24, 2.45) is 0 Å². The zero-order valence-corrected chi connectivity index (χ0v) is 12.7. The Labute approximate surface area is 130 Å². The van der Waals surface area contributed by atoms with Gasteiger partial charge >= 0.3 is 77.6 Å². The third-order valence-corrected chi connectivity index (χ3v) is 0.782. The number of carbonyl (C=O) groups excluding carboxylic acids is 2. The Bertz CT molecular complexity index is 144. The van der Waals surface area contributed by atoms with Crippen LogP contribution >= 0.6 is 0 Å². The Morgan fingerprint density at radius 3 is 1.25 bits per heavy atom. The van der Waals surface area contributed by atoms with Gasteiger partial charge in [-0.05, 0) is 0 Å². The minimum Gasteiger partial charge on any atom is -0.547 e. The van der Waals surface area contributed by atoms with Gasteiger partial charge in [0.15, 0.2) is 0 Å². The summed E-state index contributed by atoms with van der Waals surface area (Å²) in [5.74, 6) is -4.12. The van der Waals surface area contributed by atoms with Gasteiger partial charge in [0.05, 0.1) is 11.9 Å². The van der Waals surface area contributed by atoms with Gasteiger partial charge in [0, 0.05) is 0 Å². The number of carboxylic acids is 2. The average molecular weight is 396 g/mol. The summed E-state index contributed by atoms with van der Waals surface area (Å²) in [7, 11) is 0. The predicted octanol–water partition coefficient (Wildman–Crippen LogP) is -8.17. The molecule has 0 aliphatic heterocycles. The quantitative estimate of drug-likeness (QED) is 0.458. The van der Waals surface area contributed by atoms with E-state index in [-0.39, 0.29) is 77.6 Å². The molecule has 6 nitrogen and oxygen atoms in total. The maximum atomic E-state index is 9.63. The molecule has 0 bridgehead atoms. The smallest absolute Gasteiger partial charge is 0.547 e. The fourth-order valence-electron chi connectivity index (χ4n) is 0.258. The van der Waals surface area contributed by atoms with E-state index in [1.54, 1.807) is 0 Å². The van der Waals surface area contributed by atoms with Crippen LogP contribution in [0.3, 0.4) is 0 Å². The number of aliphatic hydroxyl groups excluding tert-OH is 2. The molecule has 0 saturated heterocycles. The van der Waals surface area contributed by atoms with E-state index in [0.717, 1.165) is 0 Å². The molecule has 0 amide bonds. The summed E-state index contributed by atoms with van der Waals surface area (Å²) in [5, 5.41) is 35.7. The molecule has 2 unspecified atom stereocenters. The molecular formula is C4H4BiKO6+2. The molecule has 0 heterocycles. The molecule has 0 rings (SSSR count). The first-order valence-electron chi connectivity index (χ1n) is 2.24. The molecule has 8 heteroatoms. The van der Waals surface area contributed by atoms with E-state index in [4.69, 9.17) is 10.2 Å². The first-order chi connectivity index (χ1) is 4.46. The van der Waals surface area contributed by atoms with Gasteiger partial charge in [-0.2, -0.15) is 0 Å². The van der Waals surface area contributed by atoms with Crippen LogP contribution in [-0.2, 0) is 9.59 Å². The Morgan fingerprint density at radius 2 is 1.17 bits per heavy atom. The summed E-state index contributed by atoms with van der Waals surface area (Å²) < 4.78 is 0. The Morgan fingerprint density at radius 1 is 1.00 bits per heavy atom. The average Bonchev–Trinajstić information content (AvgIpc) is 1.84. The summed E-state index contributed by atoms with van der Waals surface area (Å²) in [6, 6.07) is 0. The van der Waals surface area contributed by atoms with E-state index in [9.17, 15) is 19.8 Å². The van der Waals surface area contributed by atoms with Gasteiger partial charge in [0.2, 0.25) is 0 Å². The Hall–Kier alpha value is 1.38. The van der Waals surface area contributed by atoms with E-state index in [2.05, 4.69) is 0 Å². The van der Waals surface area contributed by atoms with E-state index in [1.165, 1.54) is 0 Å². The molecule has 60 valence electrons. The second kappa shape index (κ2) is 8.96. The van der Waals surface area contributed by atoms with Crippen LogP contribution in [0, 0.1) is 0 Å². The number of hydrogen-bond acceptors (Lipinski definition) is 6. The Kier molecular flexibility index (Phi) is 14.2. The van der Waals surface area contributed by atoms with Crippen LogP contribution in [-0.4, -0.2) is 60.6 Å². The SMILES string of the molecule is O=C([O-])C(O)C(O)C(=O)[O-].[Bi+3].[K+]. The van der Waals surface area contributed by atoms with E-state index >= 15 is 0 Å². The summed E-state index contributed by atoms with van der Waals surface area (Å²) >= 11 is 0. The molecule has 0 aromatic carbocycles. The molecule has 0 spiro atoms. The van der Waals surface area contributed by atoms with Crippen LogP contribution in [0.15, 0.2) is 0 Å². The van der Waals surface area contributed by atoms with Crippen LogP contribution in [0.25, 0.3) is 0 Å². The zero-order valence-electron chi connectivity index (χ0n) is 6.13. The minimum atomic E-state index is -2.44. The van der Waals surface area contributed by atoms with Gasteiger partial charge < -0.3 is 30.0 Å². The van der Waals surface area contributed by atoms with Crippen LogP contribution in [0.5, 0.6) is 0 Å². The van der Waals surface area contributed by atoms with Gasteiger partial charge in [-0.25, -0.2) is 0 Å². The molecule has 0 aromatic heterocycles. The minimum absolute atomic E-state index is 0. The normalized spacial score (nSPS) is 13.2. The zero-order chi connectivity index (χ0) is 8.31. The van der Waals surface area contributed by atoms with E-state index in [0.29, 0.717) is 0 Å². The summed E-state index contributed by atoms with van der Waals surface area (Å²) in [5.41, 5.74) is 0. The van der Waals surface area contributed by atoms with Gasteiger partial charge in [0.25, 0.3) is 0 Å². The van der Waals surface area contributed by atoms with E-state index < -0.39 is 24.1 Å². The number of aliphatic carboxylic acids is 2. The Balaban J connectivity index is -0.000000405. The molecule has 12 heavy (non-hydrogen) atoms. The van der Waals surface area contributed by atoms with Crippen molar-refractivity contribution in [3.63, 3.8) is 0 Å². The third kappa shape index (κ3) is 6.85. The molecule has 2 radical (unpaired) electrons. The number of hydrogen-bond donors (Lipinski definition) is 2. The molecule has 2 atom stereocenters. The second-order valence-electron chi connectivity index (χ2n) is 1.53. The van der Waals surface area contributed by atoms with Crippen LogP contribution < -0.4 is 61.6 Å². The molecule has 2 N–H and O–H groups in total. The van der Waals surface area contributed by atoms with Crippen molar-refractivity contribution in [3.05, 3.63) is 0 Å². The van der Waals surface area contributed by atoms with Crippen molar-refractivity contribution in [3.8, 4) is 0 Å². The van der Waals surface area contributed by atoms with Crippen LogP contribution in [0.4, 0.5) is 0 Å². The molecule has 0 aromatic rings. The van der Waals surface area contributed by atoms with Gasteiger partial charge in [-0.1, -0.05) is 0 Å². The third-order valence-electron chi connectivity index (χ3n) is 0.782. The fraction of sp³-hybridized carbons (Fsp3) is 0.500. The largest absolute Gasteiger partial charge is 3.00 e. The molecule has 0 saturated carbocycles. The maximum Gasteiger partial charge on any atom is 3.00 e. The van der Waals surface area contributed by atoms with Gasteiger partial charge in [-0.3, -0.25) is 0 Å². The molecule has 0 fully saturated rings. The number of carboxylic acid groups (broad SMARTS) is 2. The predicted molar refractivity (Wildman–Crippen MR) is 27.8 cm³/mol. The van der Waals surface area contributed by atoms with Crippen molar-refractivity contribution in [1.29, 1.82) is 0 Å². The van der Waals surface area contributed by atoms with Crippen molar-refractivity contribution in [2.45, 2.75) is 12.2 Å². The van der Waals surface area contributed by atoms with Crippen LogP contribution in [0.2, 0.25) is 0 Å². The maximum absolute atomic E-state index is 9.63. The standard InChI is InChI=1S/C4H6O6.Bi.K/c5-1(3(7)8)2(6)4(9)10;;/h1-2,5-6H,(H,7,8)(H,9,10);;/q;+3;+1/p-2. The van der Waals surface area contributed by atoms with Crippen molar-refractivity contribution in [2.75, 3.05) is 0 Å². The van der Waals surface area contributed by atoms with Crippen molar-refractivity contribution in [1.82, 2.24) is 0 Å². The number of rotatable bonds is 3. The van der Waals surface area contributed by atoms with Crippen molar-refractivity contribution >= 4 is 38.1 Å². The number of carbonyl (C=O) groups is 2. The summed E-state index contributed by atoms with van der Waals surface area (Å²) in [6.45, 7) is 0. The molecule has 0 aliphatic rings. The second-order valence-corrected chi connectivity index (χ2v) is 1.53. The topological polar surface area (TPSA) is 121 Å². The van der Waals surface area contributed by atoms with Gasteiger partial charge in [0.1, 0.15) is 12.2 Å². The molecule has 0 aliphatic carbocycles. The van der Waals surface area contributed by atoms with Crippen LogP contribution in [0.1, 0.15) is 0 Å². The first kappa shape index (κ1) is 19.0. The van der Waals surface area contributed by atoms with E-state index in [1.807, 2.05) is 0 Å². The number of aliphatic hydroxyl groups is 2. The van der Waals surface area contributed by atoms with Crippen molar-refractivity contribution < 1.29 is 81.4 Å². The summed E-state index contributed by atoms with van der Waals surface area (Å²) in [4.78, 5) is 19.3. The monoisotopic (exact) mass is 396 g/mol.